The monoisotopic (exact) mass is 225 g/mol. The van der Waals surface area contributed by atoms with Crippen LogP contribution in [0.3, 0.4) is 0 Å². The first-order chi connectivity index (χ1) is 7.69. The first kappa shape index (κ1) is 11.2. The molecule has 1 aromatic rings. The molecule has 0 fully saturated rings. The van der Waals surface area contributed by atoms with Crippen molar-refractivity contribution in [2.45, 2.75) is 25.3 Å². The smallest absolute Gasteiger partial charge is 0.165 e. The van der Waals surface area contributed by atoms with E-state index in [0.717, 1.165) is 24.8 Å². The highest BCUT2D eigenvalue weighted by Crippen LogP contribution is 2.42. The zero-order valence-electron chi connectivity index (χ0n) is 9.55. The van der Waals surface area contributed by atoms with Crippen molar-refractivity contribution in [2.24, 2.45) is 5.73 Å². The van der Waals surface area contributed by atoms with Crippen LogP contribution in [0.4, 0.5) is 4.39 Å². The summed E-state index contributed by atoms with van der Waals surface area (Å²) in [5, 5.41) is 0. The Kier molecular flexibility index (Phi) is 3.01. The minimum absolute atomic E-state index is 0.164. The number of hydrogen-bond acceptors (Lipinski definition) is 3. The molecular formula is C12H16FNO2. The fourth-order valence-electron chi connectivity index (χ4n) is 2.32. The van der Waals surface area contributed by atoms with Gasteiger partial charge in [0.15, 0.2) is 11.5 Å². The van der Waals surface area contributed by atoms with E-state index in [4.69, 9.17) is 15.2 Å². The summed E-state index contributed by atoms with van der Waals surface area (Å²) in [7, 11) is 3.05. The van der Waals surface area contributed by atoms with Crippen molar-refractivity contribution in [3.8, 4) is 11.5 Å². The number of rotatable bonds is 2. The normalized spacial score (nSPS) is 19.1. The number of nitrogens with two attached hydrogens (primary N) is 1. The van der Waals surface area contributed by atoms with Gasteiger partial charge in [-0.1, -0.05) is 0 Å². The third-order valence-electron chi connectivity index (χ3n) is 3.08. The molecule has 2 N–H and O–H groups in total. The van der Waals surface area contributed by atoms with Gasteiger partial charge in [-0.2, -0.15) is 0 Å². The van der Waals surface area contributed by atoms with Gasteiger partial charge in [0, 0.05) is 17.7 Å². The molecule has 0 radical (unpaired) electrons. The van der Waals surface area contributed by atoms with E-state index in [9.17, 15) is 4.39 Å². The van der Waals surface area contributed by atoms with Crippen molar-refractivity contribution in [1.29, 1.82) is 0 Å². The van der Waals surface area contributed by atoms with Gasteiger partial charge in [-0.15, -0.1) is 0 Å². The second kappa shape index (κ2) is 4.29. The Morgan fingerprint density at radius 3 is 2.75 bits per heavy atom. The summed E-state index contributed by atoms with van der Waals surface area (Å²) >= 11 is 0. The molecule has 3 nitrogen and oxygen atoms in total. The van der Waals surface area contributed by atoms with Crippen molar-refractivity contribution < 1.29 is 13.9 Å². The predicted molar refractivity (Wildman–Crippen MR) is 59.4 cm³/mol. The lowest BCUT2D eigenvalue weighted by Crippen LogP contribution is -2.20. The number of fused-ring (bicyclic) bond motifs is 1. The highest BCUT2D eigenvalue weighted by Gasteiger charge is 2.26. The first-order valence-electron chi connectivity index (χ1n) is 5.37. The maximum Gasteiger partial charge on any atom is 0.165 e. The van der Waals surface area contributed by atoms with Crippen molar-refractivity contribution >= 4 is 0 Å². The van der Waals surface area contributed by atoms with E-state index in [2.05, 4.69) is 0 Å². The van der Waals surface area contributed by atoms with E-state index in [-0.39, 0.29) is 11.9 Å². The third-order valence-corrected chi connectivity index (χ3v) is 3.08. The summed E-state index contributed by atoms with van der Waals surface area (Å²) in [5.41, 5.74) is 7.46. The minimum Gasteiger partial charge on any atom is -0.493 e. The molecule has 1 atom stereocenters. The van der Waals surface area contributed by atoms with E-state index in [1.165, 1.54) is 13.2 Å². The Balaban J connectivity index is 2.65. The van der Waals surface area contributed by atoms with E-state index in [0.29, 0.717) is 17.1 Å². The molecule has 16 heavy (non-hydrogen) atoms. The molecule has 0 saturated heterocycles. The molecule has 2 rings (SSSR count). The van der Waals surface area contributed by atoms with Crippen LogP contribution in [-0.2, 0) is 6.42 Å². The molecule has 0 amide bonds. The van der Waals surface area contributed by atoms with E-state index < -0.39 is 0 Å². The van der Waals surface area contributed by atoms with E-state index >= 15 is 0 Å². The van der Waals surface area contributed by atoms with Gasteiger partial charge in [-0.25, -0.2) is 4.39 Å². The lowest BCUT2D eigenvalue weighted by atomic mass is 9.87. The average Bonchev–Trinajstić information content (AvgIpc) is 2.29. The second-order valence-electron chi connectivity index (χ2n) is 3.98. The van der Waals surface area contributed by atoms with Crippen molar-refractivity contribution in [1.82, 2.24) is 0 Å². The summed E-state index contributed by atoms with van der Waals surface area (Å²) in [5.74, 6) is 0.741. The Bertz CT molecular complexity index is 406. The summed E-state index contributed by atoms with van der Waals surface area (Å²) in [4.78, 5) is 0. The molecule has 4 heteroatoms. The molecule has 1 aliphatic rings. The lowest BCUT2D eigenvalue weighted by molar-refractivity contribution is 0.341. The molecule has 0 bridgehead atoms. The number of hydrogen-bond donors (Lipinski definition) is 1. The van der Waals surface area contributed by atoms with Crippen LogP contribution in [0, 0.1) is 5.82 Å². The number of benzene rings is 1. The van der Waals surface area contributed by atoms with Crippen LogP contribution in [0.2, 0.25) is 0 Å². The standard InChI is InChI=1S/C12H16FNO2/c1-15-10-6-8(13)7-4-3-5-9(14)11(7)12(10)16-2/h6,9H,3-5,14H2,1-2H3. The van der Waals surface area contributed by atoms with E-state index in [1.54, 1.807) is 7.11 Å². The van der Waals surface area contributed by atoms with Crippen molar-refractivity contribution in [2.75, 3.05) is 14.2 Å². The fraction of sp³-hybridized carbons (Fsp3) is 0.500. The van der Waals surface area contributed by atoms with Crippen LogP contribution in [0.25, 0.3) is 0 Å². The molecule has 1 aromatic carbocycles. The van der Waals surface area contributed by atoms with Crippen LogP contribution in [0.1, 0.15) is 30.0 Å². The van der Waals surface area contributed by atoms with Crippen molar-refractivity contribution in [3.05, 3.63) is 23.0 Å². The molecule has 0 heterocycles. The minimum atomic E-state index is -0.247. The van der Waals surface area contributed by atoms with Gasteiger partial charge in [-0.3, -0.25) is 0 Å². The fourth-order valence-corrected chi connectivity index (χ4v) is 2.32. The highest BCUT2D eigenvalue weighted by atomic mass is 19.1. The van der Waals surface area contributed by atoms with Gasteiger partial charge in [0.2, 0.25) is 0 Å². The number of halogens is 1. The van der Waals surface area contributed by atoms with Gasteiger partial charge >= 0.3 is 0 Å². The molecule has 0 saturated carbocycles. The van der Waals surface area contributed by atoms with Gasteiger partial charge in [0.1, 0.15) is 5.82 Å². The maximum absolute atomic E-state index is 13.8. The Morgan fingerprint density at radius 1 is 1.38 bits per heavy atom. The Hall–Kier alpha value is -1.29. The van der Waals surface area contributed by atoms with Crippen LogP contribution in [-0.4, -0.2) is 14.2 Å². The summed E-state index contributed by atoms with van der Waals surface area (Å²) in [6.07, 6.45) is 2.49. The highest BCUT2D eigenvalue weighted by molar-refractivity contribution is 5.53. The topological polar surface area (TPSA) is 44.5 Å². The maximum atomic E-state index is 13.8. The van der Waals surface area contributed by atoms with Gasteiger partial charge in [0.25, 0.3) is 0 Å². The van der Waals surface area contributed by atoms with Gasteiger partial charge in [0.05, 0.1) is 14.2 Å². The molecule has 0 spiro atoms. The Labute approximate surface area is 94.3 Å². The molecule has 0 aliphatic heterocycles. The molecule has 88 valence electrons. The molecular weight excluding hydrogens is 209 g/mol. The summed E-state index contributed by atoms with van der Waals surface area (Å²) in [6, 6.07) is 1.21. The van der Waals surface area contributed by atoms with Crippen LogP contribution < -0.4 is 15.2 Å². The molecule has 0 aromatic heterocycles. The summed E-state index contributed by atoms with van der Waals surface area (Å²) < 4.78 is 24.2. The zero-order chi connectivity index (χ0) is 11.7. The second-order valence-corrected chi connectivity index (χ2v) is 3.98. The van der Waals surface area contributed by atoms with E-state index in [1.807, 2.05) is 0 Å². The molecule has 1 aliphatic carbocycles. The van der Waals surface area contributed by atoms with Crippen LogP contribution in [0.5, 0.6) is 11.5 Å². The van der Waals surface area contributed by atoms with Crippen molar-refractivity contribution in [3.63, 3.8) is 0 Å². The molecule has 1 unspecified atom stereocenters. The van der Waals surface area contributed by atoms with Gasteiger partial charge < -0.3 is 15.2 Å². The average molecular weight is 225 g/mol. The zero-order valence-corrected chi connectivity index (χ0v) is 9.55. The lowest BCUT2D eigenvalue weighted by Gasteiger charge is -2.26. The summed E-state index contributed by atoms with van der Waals surface area (Å²) in [6.45, 7) is 0. The Morgan fingerprint density at radius 2 is 2.12 bits per heavy atom. The number of ether oxygens (including phenoxy) is 2. The predicted octanol–water partition coefficient (Wildman–Crippen LogP) is 2.18. The van der Waals surface area contributed by atoms with Crippen LogP contribution >= 0.6 is 0 Å². The third kappa shape index (κ3) is 1.63. The first-order valence-corrected chi connectivity index (χ1v) is 5.37. The number of methoxy groups -OCH3 is 2. The quantitative estimate of drug-likeness (QED) is 0.839. The van der Waals surface area contributed by atoms with Gasteiger partial charge in [-0.05, 0) is 24.8 Å². The SMILES string of the molecule is COc1cc(F)c2c(c1OC)C(N)CCC2. The largest absolute Gasteiger partial charge is 0.493 e. The van der Waals surface area contributed by atoms with Crippen LogP contribution in [0.15, 0.2) is 6.07 Å².